The number of aliphatic carboxylic acids is 2. The lowest BCUT2D eigenvalue weighted by Crippen LogP contribution is -2.25. The SMILES string of the molecule is CN(C)Cc1ncc(-c2ccc(Oc3cc(Cl)ccc3C=O)cc2)n1C.C[C@H](CCc1ccc(Cl)cc1Oc1ccc(-c2cnc(CN(C)C)n2C)cc1)C(=O)O.C[C@H](N)C(=O)O.S. The van der Waals surface area contributed by atoms with Gasteiger partial charge >= 0.3 is 11.9 Å². The molecule has 0 amide bonds. The molecule has 6 aromatic rings. The Morgan fingerprint density at radius 1 is 0.719 bits per heavy atom. The molecule has 14 nitrogen and oxygen atoms in total. The molecule has 0 radical (unpaired) electrons. The van der Waals surface area contributed by atoms with E-state index in [2.05, 4.69) is 28.9 Å². The molecule has 4 N–H and O–H groups in total. The van der Waals surface area contributed by atoms with E-state index < -0.39 is 23.9 Å². The first kappa shape index (κ1) is 52.7. The zero-order valence-electron chi connectivity index (χ0n) is 37.3. The molecule has 17 heteroatoms. The third kappa shape index (κ3) is 15.5. The van der Waals surface area contributed by atoms with Crippen molar-refractivity contribution >= 4 is 54.9 Å². The first-order chi connectivity index (χ1) is 29.9. The van der Waals surface area contributed by atoms with Crippen molar-refractivity contribution in [1.82, 2.24) is 28.9 Å². The van der Waals surface area contributed by atoms with Crippen molar-refractivity contribution in [3.8, 4) is 45.5 Å². The highest BCUT2D eigenvalue weighted by Gasteiger charge is 2.15. The van der Waals surface area contributed by atoms with Gasteiger partial charge in [0.15, 0.2) is 6.29 Å². The largest absolute Gasteiger partial charge is 0.481 e. The number of imidazole rings is 2. The van der Waals surface area contributed by atoms with Crippen molar-refractivity contribution in [2.45, 2.75) is 45.8 Å². The number of rotatable bonds is 16. The third-order valence-electron chi connectivity index (χ3n) is 9.63. The van der Waals surface area contributed by atoms with Crippen LogP contribution in [0.2, 0.25) is 10.0 Å². The van der Waals surface area contributed by atoms with Gasteiger partial charge in [0, 0.05) is 41.3 Å². The van der Waals surface area contributed by atoms with Gasteiger partial charge in [0.2, 0.25) is 0 Å². The Balaban J connectivity index is 0.000000301. The molecule has 4 aromatic carbocycles. The highest BCUT2D eigenvalue weighted by atomic mass is 35.5. The van der Waals surface area contributed by atoms with E-state index in [-0.39, 0.29) is 13.5 Å². The molecule has 0 saturated heterocycles. The molecular formula is C47H57Cl2N7O7S. The van der Waals surface area contributed by atoms with Crippen LogP contribution in [0.1, 0.15) is 47.8 Å². The maximum atomic E-state index is 11.1. The summed E-state index contributed by atoms with van der Waals surface area (Å²) in [7, 11) is 12.1. The quantitative estimate of drug-likeness (QED) is 0.0786. The van der Waals surface area contributed by atoms with Gasteiger partial charge in [-0.1, -0.05) is 36.2 Å². The van der Waals surface area contributed by atoms with Crippen molar-refractivity contribution in [1.29, 1.82) is 0 Å². The Kier molecular flexibility index (Phi) is 20.6. The highest BCUT2D eigenvalue weighted by Crippen LogP contribution is 2.33. The summed E-state index contributed by atoms with van der Waals surface area (Å²) in [6, 6.07) is 25.2. The standard InChI is InChI=1S/C24H28ClN3O3.C20H20ClN3O2.C3H7NO2.H2S/c1-16(24(29)30)5-6-18-7-10-19(25)13-22(18)31-20-11-8-17(9-12-20)21-14-26-23(28(21)4)15-27(2)3;1-23(2)12-20-22-11-18(24(20)3)14-5-8-17(9-6-14)26-19-10-16(21)7-4-15(19)13-25;1-2(4)3(5)6;/h7-14,16H,5-6,15H2,1-4H3,(H,29,30);4-11,13H,12H2,1-3H3;2H,4H2,1H3,(H,5,6);1H2/t16-;;2-;/m1.0./s1. The average Bonchev–Trinajstić information content (AvgIpc) is 3.78. The predicted molar refractivity (Wildman–Crippen MR) is 257 cm³/mol. The van der Waals surface area contributed by atoms with E-state index in [1.807, 2.05) is 109 Å². The second kappa shape index (κ2) is 25.0. The highest BCUT2D eigenvalue weighted by molar-refractivity contribution is 7.59. The van der Waals surface area contributed by atoms with Crippen molar-refractivity contribution in [3.63, 3.8) is 0 Å². The Labute approximate surface area is 391 Å². The summed E-state index contributed by atoms with van der Waals surface area (Å²) in [5.41, 5.74) is 10.4. The summed E-state index contributed by atoms with van der Waals surface area (Å²) in [6.07, 6.45) is 5.63. The Bertz CT molecular complexity index is 2460. The van der Waals surface area contributed by atoms with Crippen LogP contribution in [-0.2, 0) is 43.2 Å². The summed E-state index contributed by atoms with van der Waals surface area (Å²) < 4.78 is 16.1. The van der Waals surface area contributed by atoms with Crippen LogP contribution in [0.4, 0.5) is 0 Å². The molecule has 0 spiro atoms. The molecule has 0 fully saturated rings. The number of nitrogens with zero attached hydrogens (tertiary/aromatic N) is 6. The van der Waals surface area contributed by atoms with Gasteiger partial charge in [0.25, 0.3) is 0 Å². The predicted octanol–water partition coefficient (Wildman–Crippen LogP) is 9.19. The van der Waals surface area contributed by atoms with Crippen LogP contribution in [0.3, 0.4) is 0 Å². The summed E-state index contributed by atoms with van der Waals surface area (Å²) in [5.74, 6) is 2.23. The van der Waals surface area contributed by atoms with Crippen molar-refractivity contribution in [2.75, 3.05) is 28.2 Å². The lowest BCUT2D eigenvalue weighted by molar-refractivity contribution is -0.141. The minimum absolute atomic E-state index is 0. The Morgan fingerprint density at radius 3 is 1.55 bits per heavy atom. The second-order valence-electron chi connectivity index (χ2n) is 15.4. The third-order valence-corrected chi connectivity index (χ3v) is 10.1. The normalized spacial score (nSPS) is 11.6. The number of aldehydes is 1. The van der Waals surface area contributed by atoms with Gasteiger partial charge in [0.05, 0.1) is 48.4 Å². The first-order valence-electron chi connectivity index (χ1n) is 20.0. The van der Waals surface area contributed by atoms with Crippen LogP contribution in [0.15, 0.2) is 97.3 Å². The van der Waals surface area contributed by atoms with Crippen LogP contribution in [0.25, 0.3) is 22.5 Å². The van der Waals surface area contributed by atoms with E-state index in [0.29, 0.717) is 51.4 Å². The molecule has 0 bridgehead atoms. The number of carboxylic acid groups (broad SMARTS) is 2. The topological polar surface area (TPSA) is 178 Å². The van der Waals surface area contributed by atoms with Crippen LogP contribution in [0, 0.1) is 5.92 Å². The number of aromatic nitrogens is 4. The number of nitrogens with two attached hydrogens (primary N) is 1. The number of hydrogen-bond acceptors (Lipinski definition) is 10. The molecule has 0 aliphatic heterocycles. The molecule has 2 heterocycles. The molecule has 6 rings (SSSR count). The summed E-state index contributed by atoms with van der Waals surface area (Å²) in [6.45, 7) is 4.68. The molecule has 0 aliphatic carbocycles. The molecule has 0 saturated carbocycles. The van der Waals surface area contributed by atoms with Gasteiger partial charge in [0.1, 0.15) is 40.7 Å². The number of carbonyl (C=O) groups excluding carboxylic acids is 1. The molecule has 342 valence electrons. The Hall–Kier alpha value is -5.68. The van der Waals surface area contributed by atoms with Crippen LogP contribution in [-0.4, -0.2) is 91.6 Å². The average molecular weight is 935 g/mol. The summed E-state index contributed by atoms with van der Waals surface area (Å²) >= 11 is 12.2. The maximum Gasteiger partial charge on any atom is 0.320 e. The van der Waals surface area contributed by atoms with E-state index in [0.717, 1.165) is 59.1 Å². The van der Waals surface area contributed by atoms with Gasteiger partial charge in [-0.05, 0) is 126 Å². The number of halogens is 2. The number of carbonyl (C=O) groups is 3. The van der Waals surface area contributed by atoms with Crippen molar-refractivity contribution in [2.24, 2.45) is 25.7 Å². The lowest BCUT2D eigenvalue weighted by Gasteiger charge is -2.14. The van der Waals surface area contributed by atoms with Crippen LogP contribution < -0.4 is 15.2 Å². The number of aryl methyl sites for hydroxylation is 1. The number of carboxylic acids is 2. The fourth-order valence-corrected chi connectivity index (χ4v) is 6.28. The molecule has 2 atom stereocenters. The van der Waals surface area contributed by atoms with Crippen LogP contribution in [0.5, 0.6) is 23.0 Å². The first-order valence-corrected chi connectivity index (χ1v) is 20.7. The van der Waals surface area contributed by atoms with Crippen LogP contribution >= 0.6 is 36.7 Å². The van der Waals surface area contributed by atoms with E-state index in [4.69, 9.17) is 48.6 Å². The van der Waals surface area contributed by atoms with Gasteiger partial charge in [-0.3, -0.25) is 14.4 Å². The number of ether oxygens (including phenoxy) is 2. The molecule has 0 aliphatic rings. The van der Waals surface area contributed by atoms with E-state index >= 15 is 0 Å². The van der Waals surface area contributed by atoms with Gasteiger partial charge in [-0.15, -0.1) is 0 Å². The van der Waals surface area contributed by atoms with Gasteiger partial charge < -0.3 is 44.4 Å². The fourth-order valence-electron chi connectivity index (χ4n) is 5.95. The molecule has 64 heavy (non-hydrogen) atoms. The smallest absolute Gasteiger partial charge is 0.320 e. The fraction of sp³-hybridized carbons (Fsp3) is 0.298. The molecule has 0 unspecified atom stereocenters. The van der Waals surface area contributed by atoms with Crippen molar-refractivity contribution in [3.05, 3.63) is 130 Å². The Morgan fingerprint density at radius 2 is 1.14 bits per heavy atom. The van der Waals surface area contributed by atoms with E-state index in [1.54, 1.807) is 37.3 Å². The van der Waals surface area contributed by atoms with Crippen molar-refractivity contribution < 1.29 is 34.1 Å². The molecular weight excluding hydrogens is 878 g/mol. The van der Waals surface area contributed by atoms with Gasteiger partial charge in [-0.2, -0.15) is 13.5 Å². The van der Waals surface area contributed by atoms with E-state index in [9.17, 15) is 14.4 Å². The van der Waals surface area contributed by atoms with E-state index in [1.165, 1.54) is 6.92 Å². The van der Waals surface area contributed by atoms with Gasteiger partial charge in [-0.25, -0.2) is 9.97 Å². The maximum absolute atomic E-state index is 11.1. The monoisotopic (exact) mass is 933 g/mol. The zero-order valence-corrected chi connectivity index (χ0v) is 39.8. The summed E-state index contributed by atoms with van der Waals surface area (Å²) in [4.78, 5) is 45.0. The zero-order chi connectivity index (χ0) is 46.4. The minimum Gasteiger partial charge on any atom is -0.481 e. The lowest BCUT2D eigenvalue weighted by atomic mass is 10.0. The summed E-state index contributed by atoms with van der Waals surface area (Å²) in [5, 5.41) is 18.1. The second-order valence-corrected chi connectivity index (χ2v) is 16.3. The molecule has 2 aromatic heterocycles. The number of benzene rings is 4. The number of hydrogen-bond donors (Lipinski definition) is 3. The minimum atomic E-state index is -0.963.